The summed E-state index contributed by atoms with van der Waals surface area (Å²) in [7, 11) is 0. The van der Waals surface area contributed by atoms with Crippen molar-refractivity contribution in [2.45, 2.75) is 19.3 Å². The first-order valence-corrected chi connectivity index (χ1v) is 6.03. The fraction of sp³-hybridized carbons (Fsp3) is 0.385. The molecule has 0 spiro atoms. The standard InChI is InChI=1S/C13H15NO5/c15-11(14-6-2-5-12(16)17)7-9-3-1-4-10-13(9)19-8-18-10/h1,3-4H,2,5-8H2,(H,14,15)(H,16,17). The van der Waals surface area contributed by atoms with Crippen molar-refractivity contribution in [3.63, 3.8) is 0 Å². The zero-order chi connectivity index (χ0) is 13.7. The van der Waals surface area contributed by atoms with E-state index in [-0.39, 0.29) is 25.5 Å². The van der Waals surface area contributed by atoms with Gasteiger partial charge in [-0.2, -0.15) is 0 Å². The van der Waals surface area contributed by atoms with E-state index < -0.39 is 5.97 Å². The van der Waals surface area contributed by atoms with Crippen LogP contribution in [0, 0.1) is 0 Å². The first-order chi connectivity index (χ1) is 9.16. The molecule has 1 amide bonds. The van der Waals surface area contributed by atoms with Crippen molar-refractivity contribution in [1.82, 2.24) is 5.32 Å². The molecule has 1 heterocycles. The minimum absolute atomic E-state index is 0.0535. The lowest BCUT2D eigenvalue weighted by Crippen LogP contribution is -2.26. The maximum atomic E-state index is 11.7. The third-order valence-electron chi connectivity index (χ3n) is 2.72. The number of amides is 1. The highest BCUT2D eigenvalue weighted by atomic mass is 16.7. The van der Waals surface area contributed by atoms with Gasteiger partial charge in [0.2, 0.25) is 12.7 Å². The molecule has 2 rings (SSSR count). The Kier molecular flexibility index (Phi) is 4.22. The van der Waals surface area contributed by atoms with Crippen LogP contribution in [0.2, 0.25) is 0 Å². The monoisotopic (exact) mass is 265 g/mol. The van der Waals surface area contributed by atoms with Gasteiger partial charge in [-0.15, -0.1) is 0 Å². The van der Waals surface area contributed by atoms with Crippen molar-refractivity contribution in [3.8, 4) is 11.5 Å². The summed E-state index contributed by atoms with van der Waals surface area (Å²) >= 11 is 0. The van der Waals surface area contributed by atoms with Gasteiger partial charge in [0, 0.05) is 18.5 Å². The zero-order valence-corrected chi connectivity index (χ0v) is 10.3. The third kappa shape index (κ3) is 3.61. The van der Waals surface area contributed by atoms with Gasteiger partial charge in [0.15, 0.2) is 11.5 Å². The number of para-hydroxylation sites is 1. The molecular weight excluding hydrogens is 250 g/mol. The summed E-state index contributed by atoms with van der Waals surface area (Å²) in [5, 5.41) is 11.2. The van der Waals surface area contributed by atoms with Gasteiger partial charge in [-0.25, -0.2) is 0 Å². The van der Waals surface area contributed by atoms with Crippen molar-refractivity contribution in [1.29, 1.82) is 0 Å². The fourth-order valence-electron chi connectivity index (χ4n) is 1.83. The van der Waals surface area contributed by atoms with E-state index in [1.807, 2.05) is 6.07 Å². The second kappa shape index (κ2) is 6.08. The first-order valence-electron chi connectivity index (χ1n) is 6.03. The van der Waals surface area contributed by atoms with Crippen LogP contribution in [-0.4, -0.2) is 30.3 Å². The Bertz CT molecular complexity index is 486. The molecule has 1 aromatic rings. The molecule has 0 atom stereocenters. The molecule has 0 saturated carbocycles. The van der Waals surface area contributed by atoms with Crippen molar-refractivity contribution in [3.05, 3.63) is 23.8 Å². The second-order valence-corrected chi connectivity index (χ2v) is 4.17. The quantitative estimate of drug-likeness (QED) is 0.748. The highest BCUT2D eigenvalue weighted by Gasteiger charge is 2.18. The van der Waals surface area contributed by atoms with E-state index >= 15 is 0 Å². The molecule has 19 heavy (non-hydrogen) atoms. The number of benzene rings is 1. The molecule has 0 aromatic heterocycles. The van der Waals surface area contributed by atoms with Crippen LogP contribution in [0.4, 0.5) is 0 Å². The number of aliphatic carboxylic acids is 1. The van der Waals surface area contributed by atoms with Gasteiger partial charge in [-0.1, -0.05) is 12.1 Å². The summed E-state index contributed by atoms with van der Waals surface area (Å²) in [6.45, 7) is 0.532. The Morgan fingerprint density at radius 2 is 2.16 bits per heavy atom. The van der Waals surface area contributed by atoms with Crippen LogP contribution in [0.5, 0.6) is 11.5 Å². The van der Waals surface area contributed by atoms with Gasteiger partial charge in [0.05, 0.1) is 6.42 Å². The van der Waals surface area contributed by atoms with Crippen molar-refractivity contribution in [2.24, 2.45) is 0 Å². The Morgan fingerprint density at radius 1 is 1.32 bits per heavy atom. The first kappa shape index (κ1) is 13.2. The zero-order valence-electron chi connectivity index (χ0n) is 10.3. The molecule has 1 aliphatic heterocycles. The highest BCUT2D eigenvalue weighted by molar-refractivity contribution is 5.79. The molecule has 2 N–H and O–H groups in total. The number of rotatable bonds is 6. The highest BCUT2D eigenvalue weighted by Crippen LogP contribution is 2.35. The summed E-state index contributed by atoms with van der Waals surface area (Å²) < 4.78 is 10.5. The maximum Gasteiger partial charge on any atom is 0.303 e. The lowest BCUT2D eigenvalue weighted by Gasteiger charge is -2.06. The normalized spacial score (nSPS) is 12.2. The van der Waals surface area contributed by atoms with Gasteiger partial charge < -0.3 is 19.9 Å². The number of fused-ring (bicyclic) bond motifs is 1. The van der Waals surface area contributed by atoms with Gasteiger partial charge in [0.1, 0.15) is 0 Å². The molecule has 1 aliphatic rings. The van der Waals surface area contributed by atoms with Crippen LogP contribution in [0.3, 0.4) is 0 Å². The van der Waals surface area contributed by atoms with E-state index in [0.717, 1.165) is 5.56 Å². The molecule has 6 nitrogen and oxygen atoms in total. The molecule has 0 bridgehead atoms. The smallest absolute Gasteiger partial charge is 0.303 e. The van der Waals surface area contributed by atoms with E-state index in [2.05, 4.69) is 5.32 Å². The van der Waals surface area contributed by atoms with Crippen molar-refractivity contribution in [2.75, 3.05) is 13.3 Å². The van der Waals surface area contributed by atoms with E-state index in [1.165, 1.54) is 0 Å². The van der Waals surface area contributed by atoms with Gasteiger partial charge >= 0.3 is 5.97 Å². The second-order valence-electron chi connectivity index (χ2n) is 4.17. The number of hydrogen-bond donors (Lipinski definition) is 2. The summed E-state index contributed by atoms with van der Waals surface area (Å²) in [5.74, 6) is 0.245. The SMILES string of the molecule is O=C(O)CCCNC(=O)Cc1cccc2c1OCO2. The van der Waals surface area contributed by atoms with Crippen molar-refractivity contribution < 1.29 is 24.2 Å². The van der Waals surface area contributed by atoms with Crippen LogP contribution in [0.15, 0.2) is 18.2 Å². The largest absolute Gasteiger partial charge is 0.481 e. The number of carbonyl (C=O) groups excluding carboxylic acids is 1. The Balaban J connectivity index is 1.83. The van der Waals surface area contributed by atoms with Gasteiger partial charge in [0.25, 0.3) is 0 Å². The van der Waals surface area contributed by atoms with Crippen LogP contribution in [0.25, 0.3) is 0 Å². The number of hydrogen-bond acceptors (Lipinski definition) is 4. The molecule has 0 saturated heterocycles. The summed E-state index contributed by atoms with van der Waals surface area (Å²) in [4.78, 5) is 22.0. The average Bonchev–Trinajstić information content (AvgIpc) is 2.84. The molecule has 0 radical (unpaired) electrons. The van der Waals surface area contributed by atoms with E-state index in [4.69, 9.17) is 14.6 Å². The number of carbonyl (C=O) groups is 2. The molecule has 6 heteroatoms. The van der Waals surface area contributed by atoms with E-state index in [1.54, 1.807) is 12.1 Å². The average molecular weight is 265 g/mol. The predicted molar refractivity (Wildman–Crippen MR) is 66.1 cm³/mol. The molecule has 0 fully saturated rings. The lowest BCUT2D eigenvalue weighted by atomic mass is 10.1. The molecular formula is C13H15NO5. The summed E-state index contributed by atoms with van der Waals surface area (Å²) in [6, 6.07) is 5.40. The molecule has 1 aromatic carbocycles. The maximum absolute atomic E-state index is 11.7. The van der Waals surface area contributed by atoms with Gasteiger partial charge in [-0.05, 0) is 12.5 Å². The number of carboxylic acids is 1. The number of carboxylic acid groups (broad SMARTS) is 1. The summed E-state index contributed by atoms with van der Waals surface area (Å²) in [5.41, 5.74) is 0.769. The Hall–Kier alpha value is -2.24. The van der Waals surface area contributed by atoms with Crippen LogP contribution in [-0.2, 0) is 16.0 Å². The van der Waals surface area contributed by atoms with Crippen LogP contribution < -0.4 is 14.8 Å². The fourth-order valence-corrected chi connectivity index (χ4v) is 1.83. The van der Waals surface area contributed by atoms with Gasteiger partial charge in [-0.3, -0.25) is 9.59 Å². The minimum Gasteiger partial charge on any atom is -0.481 e. The third-order valence-corrected chi connectivity index (χ3v) is 2.72. The Labute approximate surface area is 110 Å². The number of ether oxygens (including phenoxy) is 2. The molecule has 0 aliphatic carbocycles. The Morgan fingerprint density at radius 3 is 2.95 bits per heavy atom. The predicted octanol–water partition coefficient (Wildman–Crippen LogP) is 0.939. The molecule has 0 unspecified atom stereocenters. The minimum atomic E-state index is -0.860. The summed E-state index contributed by atoms with van der Waals surface area (Å²) in [6.07, 6.45) is 0.672. The molecule has 102 valence electrons. The van der Waals surface area contributed by atoms with Crippen molar-refractivity contribution >= 4 is 11.9 Å². The van der Waals surface area contributed by atoms with E-state index in [9.17, 15) is 9.59 Å². The van der Waals surface area contributed by atoms with Crippen LogP contribution >= 0.6 is 0 Å². The topological polar surface area (TPSA) is 84.9 Å². The lowest BCUT2D eigenvalue weighted by molar-refractivity contribution is -0.137. The number of nitrogens with one attached hydrogen (secondary N) is 1. The van der Waals surface area contributed by atoms with Crippen LogP contribution in [0.1, 0.15) is 18.4 Å². The van der Waals surface area contributed by atoms with E-state index in [0.29, 0.717) is 24.5 Å².